The molecule has 1 aliphatic heterocycles. The van der Waals surface area contributed by atoms with Crippen LogP contribution in [0.15, 0.2) is 45.6 Å². The fourth-order valence-electron chi connectivity index (χ4n) is 3.87. The first kappa shape index (κ1) is 20.1. The lowest BCUT2D eigenvalue weighted by Gasteiger charge is -2.26. The van der Waals surface area contributed by atoms with Crippen molar-refractivity contribution in [1.29, 1.82) is 0 Å². The van der Waals surface area contributed by atoms with Crippen molar-refractivity contribution < 1.29 is 28.0 Å². The van der Waals surface area contributed by atoms with Crippen molar-refractivity contribution in [3.63, 3.8) is 0 Å². The van der Waals surface area contributed by atoms with Crippen molar-refractivity contribution in [3.8, 4) is 5.75 Å². The van der Waals surface area contributed by atoms with Gasteiger partial charge in [-0.3, -0.25) is 9.69 Å². The third-order valence-corrected chi connectivity index (χ3v) is 5.58. The summed E-state index contributed by atoms with van der Waals surface area (Å²) in [7, 11) is 1.29. The Morgan fingerprint density at radius 1 is 1.27 bits per heavy atom. The quantitative estimate of drug-likeness (QED) is 0.512. The van der Waals surface area contributed by atoms with E-state index in [1.54, 1.807) is 12.1 Å². The topological polar surface area (TPSA) is 70.2 Å². The Morgan fingerprint density at radius 2 is 2.10 bits per heavy atom. The summed E-state index contributed by atoms with van der Waals surface area (Å²) < 4.78 is 29.6. The van der Waals surface area contributed by atoms with E-state index in [0.29, 0.717) is 42.2 Å². The zero-order chi connectivity index (χ0) is 21.3. The number of ether oxygens (including phenoxy) is 2. The Balaban J connectivity index is 1.62. The van der Waals surface area contributed by atoms with Crippen molar-refractivity contribution in [2.45, 2.75) is 26.3 Å². The van der Waals surface area contributed by atoms with Gasteiger partial charge in [0.15, 0.2) is 5.58 Å². The van der Waals surface area contributed by atoms with Gasteiger partial charge >= 0.3 is 11.6 Å². The molecule has 1 unspecified atom stereocenters. The van der Waals surface area contributed by atoms with Crippen LogP contribution >= 0.6 is 0 Å². The molecular formula is C23H23FNO5+. The van der Waals surface area contributed by atoms with Crippen molar-refractivity contribution in [2.24, 2.45) is 0 Å². The fraction of sp³-hybridized carbons (Fsp3) is 0.304. The third kappa shape index (κ3) is 3.93. The minimum Gasteiger partial charge on any atom is -0.469 e. The van der Waals surface area contributed by atoms with Crippen LogP contribution < -0.4 is 15.3 Å². The van der Waals surface area contributed by atoms with Crippen LogP contribution in [-0.2, 0) is 28.9 Å². The lowest BCUT2D eigenvalue weighted by Crippen LogP contribution is -3.12. The van der Waals surface area contributed by atoms with Crippen LogP contribution in [0.2, 0.25) is 0 Å². The van der Waals surface area contributed by atoms with E-state index in [1.165, 1.54) is 13.2 Å². The van der Waals surface area contributed by atoms with Gasteiger partial charge in [0.05, 0.1) is 31.2 Å². The van der Waals surface area contributed by atoms with Gasteiger partial charge in [-0.1, -0.05) is 12.1 Å². The summed E-state index contributed by atoms with van der Waals surface area (Å²) in [4.78, 5) is 25.4. The van der Waals surface area contributed by atoms with Gasteiger partial charge < -0.3 is 13.9 Å². The molecule has 1 aromatic heterocycles. The van der Waals surface area contributed by atoms with Crippen LogP contribution in [0.4, 0.5) is 4.39 Å². The Hall–Kier alpha value is -3.19. The number of aryl methyl sites for hydroxylation is 1. The molecule has 6 nitrogen and oxygen atoms in total. The van der Waals surface area contributed by atoms with Crippen LogP contribution in [0.25, 0.3) is 11.0 Å². The van der Waals surface area contributed by atoms with Crippen LogP contribution in [0.5, 0.6) is 5.75 Å². The molecule has 0 bridgehead atoms. The molecule has 1 N–H and O–H groups in total. The van der Waals surface area contributed by atoms with E-state index >= 15 is 0 Å². The predicted octanol–water partition coefficient (Wildman–Crippen LogP) is 1.93. The summed E-state index contributed by atoms with van der Waals surface area (Å²) in [6, 6.07) is 10.3. The second-order valence-corrected chi connectivity index (χ2v) is 7.51. The number of rotatable bonds is 5. The van der Waals surface area contributed by atoms with Crippen molar-refractivity contribution >= 4 is 16.9 Å². The second-order valence-electron chi connectivity index (χ2n) is 7.51. The highest BCUT2D eigenvalue weighted by Crippen LogP contribution is 2.30. The number of methoxy groups -OCH3 is 1. The van der Waals surface area contributed by atoms with Crippen molar-refractivity contribution in [3.05, 3.63) is 74.9 Å². The van der Waals surface area contributed by atoms with Crippen LogP contribution in [0.1, 0.15) is 22.3 Å². The number of fused-ring (bicyclic) bond motifs is 3. The van der Waals surface area contributed by atoms with E-state index in [9.17, 15) is 14.0 Å². The van der Waals surface area contributed by atoms with Crippen LogP contribution in [-0.4, -0.2) is 26.4 Å². The molecule has 1 aliphatic rings. The monoisotopic (exact) mass is 412 g/mol. The number of halogens is 1. The molecule has 3 aromatic rings. The molecule has 156 valence electrons. The first-order valence-electron chi connectivity index (χ1n) is 9.82. The van der Waals surface area contributed by atoms with Gasteiger partial charge in [-0.2, -0.15) is 0 Å². The van der Waals surface area contributed by atoms with Gasteiger partial charge in [-0.05, 0) is 42.3 Å². The van der Waals surface area contributed by atoms with Gasteiger partial charge in [-0.15, -0.1) is 0 Å². The number of hydrogen-bond donors (Lipinski definition) is 1. The summed E-state index contributed by atoms with van der Waals surface area (Å²) in [5.41, 5.74) is 2.73. The Bertz CT molecular complexity index is 1170. The predicted molar refractivity (Wildman–Crippen MR) is 108 cm³/mol. The standard InChI is InChI=1S/C23H22FNO5/c1-14-17-6-7-20-19(22(17)30-23(27)18(14)11-21(26)28-2)12-25(13-29-20)9-8-15-4-3-5-16(24)10-15/h3-7,10H,8-9,11-13H2,1-2H3/p+1. The zero-order valence-corrected chi connectivity index (χ0v) is 16.9. The highest BCUT2D eigenvalue weighted by Gasteiger charge is 2.26. The SMILES string of the molecule is COC(=O)Cc1c(C)c2ccc3c(c2oc1=O)C[NH+](CCc1cccc(F)c1)CO3. The second kappa shape index (κ2) is 8.28. The molecule has 0 saturated heterocycles. The van der Waals surface area contributed by atoms with Gasteiger partial charge in [0, 0.05) is 11.8 Å². The molecule has 30 heavy (non-hydrogen) atoms. The molecule has 0 fully saturated rings. The molecule has 0 radical (unpaired) electrons. The maximum atomic E-state index is 13.4. The Kier molecular flexibility index (Phi) is 5.55. The van der Waals surface area contributed by atoms with E-state index in [1.807, 2.05) is 25.1 Å². The summed E-state index contributed by atoms with van der Waals surface area (Å²) >= 11 is 0. The number of quaternary nitrogens is 1. The van der Waals surface area contributed by atoms with E-state index in [2.05, 4.69) is 4.74 Å². The van der Waals surface area contributed by atoms with E-state index < -0.39 is 11.6 Å². The number of hydrogen-bond acceptors (Lipinski definition) is 5. The summed E-state index contributed by atoms with van der Waals surface area (Å²) in [6.07, 6.45) is 0.585. The Labute approximate surface area is 172 Å². The molecular weight excluding hydrogens is 389 g/mol. The van der Waals surface area contributed by atoms with Gasteiger partial charge in [0.1, 0.15) is 18.1 Å². The first-order valence-corrected chi connectivity index (χ1v) is 9.82. The minimum absolute atomic E-state index is 0.126. The number of benzene rings is 2. The van der Waals surface area contributed by atoms with Gasteiger partial charge in [0.2, 0.25) is 6.73 Å². The highest BCUT2D eigenvalue weighted by atomic mass is 19.1. The molecule has 0 amide bonds. The lowest BCUT2D eigenvalue weighted by atomic mass is 10.00. The maximum absolute atomic E-state index is 13.4. The Morgan fingerprint density at radius 3 is 2.87 bits per heavy atom. The van der Waals surface area contributed by atoms with Gasteiger partial charge in [0.25, 0.3) is 0 Å². The fourth-order valence-corrected chi connectivity index (χ4v) is 3.87. The highest BCUT2D eigenvalue weighted by molar-refractivity contribution is 5.87. The molecule has 0 aliphatic carbocycles. The summed E-state index contributed by atoms with van der Waals surface area (Å²) in [6.45, 7) is 3.67. The van der Waals surface area contributed by atoms with Crippen molar-refractivity contribution in [1.82, 2.24) is 0 Å². The number of esters is 1. The molecule has 7 heteroatoms. The van der Waals surface area contributed by atoms with E-state index in [-0.39, 0.29) is 12.2 Å². The number of carbonyl (C=O) groups is 1. The minimum atomic E-state index is -0.536. The van der Waals surface area contributed by atoms with Crippen molar-refractivity contribution in [2.75, 3.05) is 20.4 Å². The van der Waals surface area contributed by atoms with E-state index in [0.717, 1.165) is 28.0 Å². The number of nitrogens with one attached hydrogen (secondary N) is 1. The molecule has 0 spiro atoms. The molecule has 2 aromatic carbocycles. The average molecular weight is 412 g/mol. The van der Waals surface area contributed by atoms with E-state index in [4.69, 9.17) is 9.15 Å². The smallest absolute Gasteiger partial charge is 0.340 e. The normalized spacial score (nSPS) is 15.5. The molecule has 2 heterocycles. The van der Waals surface area contributed by atoms with Crippen LogP contribution in [0, 0.1) is 12.7 Å². The molecule has 4 rings (SSSR count). The molecule has 0 saturated carbocycles. The maximum Gasteiger partial charge on any atom is 0.340 e. The number of carbonyl (C=O) groups excluding carboxylic acids is 1. The first-order chi connectivity index (χ1) is 14.5. The third-order valence-electron chi connectivity index (χ3n) is 5.58. The molecule has 1 atom stereocenters. The summed E-state index contributed by atoms with van der Waals surface area (Å²) in [5, 5.41) is 0.780. The summed E-state index contributed by atoms with van der Waals surface area (Å²) in [5.74, 6) is -0.0342. The lowest BCUT2D eigenvalue weighted by molar-refractivity contribution is -0.932. The average Bonchev–Trinajstić information content (AvgIpc) is 2.75. The van der Waals surface area contributed by atoms with Gasteiger partial charge in [-0.25, -0.2) is 9.18 Å². The zero-order valence-electron chi connectivity index (χ0n) is 16.9. The van der Waals surface area contributed by atoms with Crippen LogP contribution in [0.3, 0.4) is 0 Å². The largest absolute Gasteiger partial charge is 0.469 e.